The van der Waals surface area contributed by atoms with Crippen molar-refractivity contribution in [2.24, 2.45) is 0 Å². The van der Waals surface area contributed by atoms with Crippen LogP contribution in [0.25, 0.3) is 0 Å². The van der Waals surface area contributed by atoms with Crippen molar-refractivity contribution in [2.45, 2.75) is 25.3 Å². The molecule has 0 bridgehead atoms. The SMILES string of the molecule is Cc1nn(CCO)c(C)c1S(=O)(=O)Nc1cccc(F)c1. The van der Waals surface area contributed by atoms with E-state index in [0.717, 1.165) is 6.07 Å². The molecule has 0 saturated carbocycles. The van der Waals surface area contributed by atoms with E-state index in [1.54, 1.807) is 13.8 Å². The van der Waals surface area contributed by atoms with Crippen LogP contribution in [-0.4, -0.2) is 29.9 Å². The quantitative estimate of drug-likeness (QED) is 0.874. The summed E-state index contributed by atoms with van der Waals surface area (Å²) in [6.45, 7) is 3.25. The Labute approximate surface area is 122 Å². The molecule has 2 N–H and O–H groups in total. The largest absolute Gasteiger partial charge is 0.394 e. The molecule has 0 unspecified atom stereocenters. The van der Waals surface area contributed by atoms with E-state index in [1.807, 2.05) is 0 Å². The Morgan fingerprint density at radius 3 is 2.71 bits per heavy atom. The van der Waals surface area contributed by atoms with Gasteiger partial charge in [-0.05, 0) is 32.0 Å². The number of sulfonamides is 1. The topological polar surface area (TPSA) is 84.2 Å². The van der Waals surface area contributed by atoms with Crippen molar-refractivity contribution in [1.82, 2.24) is 9.78 Å². The van der Waals surface area contributed by atoms with Crippen LogP contribution in [0.2, 0.25) is 0 Å². The average molecular weight is 313 g/mol. The number of anilines is 1. The number of benzene rings is 1. The van der Waals surface area contributed by atoms with Gasteiger partial charge in [0.2, 0.25) is 0 Å². The number of nitrogens with one attached hydrogen (secondary N) is 1. The zero-order valence-corrected chi connectivity index (χ0v) is 12.5. The minimum atomic E-state index is -3.87. The number of rotatable bonds is 5. The van der Waals surface area contributed by atoms with Gasteiger partial charge in [-0.1, -0.05) is 6.07 Å². The molecule has 0 saturated heterocycles. The van der Waals surface area contributed by atoms with Gasteiger partial charge in [-0.3, -0.25) is 9.40 Å². The van der Waals surface area contributed by atoms with Crippen LogP contribution in [0.1, 0.15) is 11.4 Å². The fraction of sp³-hybridized carbons (Fsp3) is 0.308. The molecular formula is C13H16FN3O3S. The van der Waals surface area contributed by atoms with Gasteiger partial charge in [0.25, 0.3) is 10.0 Å². The van der Waals surface area contributed by atoms with Crippen molar-refractivity contribution in [3.05, 3.63) is 41.5 Å². The molecule has 2 rings (SSSR count). The number of halogens is 1. The molecule has 0 spiro atoms. The predicted octanol–water partition coefficient (Wildman–Crippen LogP) is 1.43. The van der Waals surface area contributed by atoms with Gasteiger partial charge in [0, 0.05) is 0 Å². The van der Waals surface area contributed by atoms with Gasteiger partial charge >= 0.3 is 0 Å². The van der Waals surface area contributed by atoms with Crippen LogP contribution in [0.4, 0.5) is 10.1 Å². The van der Waals surface area contributed by atoms with E-state index >= 15 is 0 Å². The number of aromatic nitrogens is 2. The minimum absolute atomic E-state index is 0.0419. The molecular weight excluding hydrogens is 297 g/mol. The second-order valence-corrected chi connectivity index (χ2v) is 6.18. The molecule has 8 heteroatoms. The number of aryl methyl sites for hydroxylation is 1. The summed E-state index contributed by atoms with van der Waals surface area (Å²) in [5, 5.41) is 13.0. The summed E-state index contributed by atoms with van der Waals surface area (Å²) in [4.78, 5) is 0.0419. The summed E-state index contributed by atoms with van der Waals surface area (Å²) in [5.41, 5.74) is 0.888. The number of hydrogen-bond donors (Lipinski definition) is 2. The molecule has 1 aromatic heterocycles. The van der Waals surface area contributed by atoms with Gasteiger partial charge < -0.3 is 5.11 Å². The van der Waals surface area contributed by atoms with Crippen LogP contribution >= 0.6 is 0 Å². The third-order valence-electron chi connectivity index (χ3n) is 2.97. The fourth-order valence-corrected chi connectivity index (χ4v) is 3.60. The Hall–Kier alpha value is -1.93. The molecule has 0 radical (unpaired) electrons. The summed E-state index contributed by atoms with van der Waals surface area (Å²) >= 11 is 0. The van der Waals surface area contributed by atoms with E-state index in [-0.39, 0.29) is 23.7 Å². The van der Waals surface area contributed by atoms with Crippen LogP contribution < -0.4 is 4.72 Å². The summed E-state index contributed by atoms with van der Waals surface area (Å²) in [5.74, 6) is -0.528. The molecule has 0 aliphatic heterocycles. The maximum absolute atomic E-state index is 13.1. The van der Waals surface area contributed by atoms with E-state index in [0.29, 0.717) is 11.4 Å². The Kier molecular flexibility index (Phi) is 4.29. The molecule has 0 aliphatic rings. The average Bonchev–Trinajstić information content (AvgIpc) is 2.64. The molecule has 1 heterocycles. The van der Waals surface area contributed by atoms with Crippen molar-refractivity contribution >= 4 is 15.7 Å². The van der Waals surface area contributed by atoms with Gasteiger partial charge in [0.15, 0.2) is 0 Å². The first-order valence-corrected chi connectivity index (χ1v) is 7.76. The van der Waals surface area contributed by atoms with Crippen molar-refractivity contribution in [3.63, 3.8) is 0 Å². The Morgan fingerprint density at radius 1 is 1.38 bits per heavy atom. The molecule has 2 aromatic rings. The summed E-state index contributed by atoms with van der Waals surface area (Å²) in [6, 6.07) is 5.21. The lowest BCUT2D eigenvalue weighted by Crippen LogP contribution is -2.15. The first kappa shape index (κ1) is 15.5. The third-order valence-corrected chi connectivity index (χ3v) is 4.61. The van der Waals surface area contributed by atoms with E-state index in [2.05, 4.69) is 9.82 Å². The molecule has 21 heavy (non-hydrogen) atoms. The number of aliphatic hydroxyl groups is 1. The first-order chi connectivity index (χ1) is 9.85. The molecule has 0 atom stereocenters. The lowest BCUT2D eigenvalue weighted by Gasteiger charge is -2.09. The minimum Gasteiger partial charge on any atom is -0.394 e. The predicted molar refractivity (Wildman–Crippen MR) is 76.0 cm³/mol. The van der Waals surface area contributed by atoms with Crippen molar-refractivity contribution in [1.29, 1.82) is 0 Å². The van der Waals surface area contributed by atoms with Crippen LogP contribution in [0, 0.1) is 19.7 Å². The normalized spacial score (nSPS) is 11.6. The van der Waals surface area contributed by atoms with E-state index in [9.17, 15) is 12.8 Å². The Morgan fingerprint density at radius 2 is 2.10 bits per heavy atom. The van der Waals surface area contributed by atoms with Gasteiger partial charge in [-0.25, -0.2) is 12.8 Å². The summed E-state index contributed by atoms with van der Waals surface area (Å²) in [7, 11) is -3.87. The molecule has 114 valence electrons. The second kappa shape index (κ2) is 5.82. The molecule has 6 nitrogen and oxygen atoms in total. The monoisotopic (exact) mass is 313 g/mol. The summed E-state index contributed by atoms with van der Waals surface area (Å²) < 4.78 is 41.7. The highest BCUT2D eigenvalue weighted by atomic mass is 32.2. The number of hydrogen-bond acceptors (Lipinski definition) is 4. The lowest BCUT2D eigenvalue weighted by molar-refractivity contribution is 0.267. The van der Waals surface area contributed by atoms with Gasteiger partial charge in [0.1, 0.15) is 10.7 Å². The van der Waals surface area contributed by atoms with Gasteiger partial charge in [-0.2, -0.15) is 5.10 Å². The van der Waals surface area contributed by atoms with Crippen LogP contribution in [-0.2, 0) is 16.6 Å². The lowest BCUT2D eigenvalue weighted by atomic mass is 10.3. The maximum Gasteiger partial charge on any atom is 0.265 e. The number of aliphatic hydroxyl groups excluding tert-OH is 1. The first-order valence-electron chi connectivity index (χ1n) is 6.28. The maximum atomic E-state index is 13.1. The Balaban J connectivity index is 2.40. The molecule has 1 aromatic carbocycles. The van der Waals surface area contributed by atoms with E-state index < -0.39 is 15.8 Å². The molecule has 0 fully saturated rings. The van der Waals surface area contributed by atoms with Crippen molar-refractivity contribution in [3.8, 4) is 0 Å². The van der Waals surface area contributed by atoms with Crippen LogP contribution in [0.3, 0.4) is 0 Å². The van der Waals surface area contributed by atoms with Crippen molar-refractivity contribution < 1.29 is 17.9 Å². The highest BCUT2D eigenvalue weighted by molar-refractivity contribution is 7.92. The molecule has 0 aliphatic carbocycles. The fourth-order valence-electron chi connectivity index (χ4n) is 2.14. The van der Waals surface area contributed by atoms with Gasteiger partial charge in [-0.15, -0.1) is 0 Å². The number of nitrogens with zero attached hydrogens (tertiary/aromatic N) is 2. The van der Waals surface area contributed by atoms with Crippen LogP contribution in [0.15, 0.2) is 29.2 Å². The smallest absolute Gasteiger partial charge is 0.265 e. The standard InChI is InChI=1S/C13H16FN3O3S/c1-9-13(10(2)17(15-9)6-7-18)21(19,20)16-12-5-3-4-11(14)8-12/h3-5,8,16,18H,6-7H2,1-2H3. The van der Waals surface area contributed by atoms with Gasteiger partial charge in [0.05, 0.1) is 30.2 Å². The highest BCUT2D eigenvalue weighted by Crippen LogP contribution is 2.22. The summed E-state index contributed by atoms with van der Waals surface area (Å²) in [6.07, 6.45) is 0. The molecule has 0 amide bonds. The Bertz CT molecular complexity index is 756. The van der Waals surface area contributed by atoms with Crippen LogP contribution in [0.5, 0.6) is 0 Å². The zero-order chi connectivity index (χ0) is 15.6. The third kappa shape index (κ3) is 3.22. The van der Waals surface area contributed by atoms with Crippen molar-refractivity contribution in [2.75, 3.05) is 11.3 Å². The van der Waals surface area contributed by atoms with E-state index in [1.165, 1.54) is 22.9 Å². The highest BCUT2D eigenvalue weighted by Gasteiger charge is 2.24. The second-order valence-electron chi connectivity index (χ2n) is 4.56. The zero-order valence-electron chi connectivity index (χ0n) is 11.7. The van der Waals surface area contributed by atoms with E-state index in [4.69, 9.17) is 5.11 Å².